The summed E-state index contributed by atoms with van der Waals surface area (Å²) in [6, 6.07) is 1.57. The largest absolute Gasteiger partial charge is 0.340 e. The molecule has 144 valence electrons. The molecule has 4 rings (SSSR count). The van der Waals surface area contributed by atoms with Crippen LogP contribution in [0, 0.1) is 6.92 Å². The van der Waals surface area contributed by atoms with Crippen LogP contribution < -0.4 is 5.32 Å². The van der Waals surface area contributed by atoms with Gasteiger partial charge in [-0.05, 0) is 32.8 Å². The van der Waals surface area contributed by atoms with E-state index in [1.165, 1.54) is 37.0 Å². The molecule has 0 spiro atoms. The topological polar surface area (TPSA) is 85.8 Å². The summed E-state index contributed by atoms with van der Waals surface area (Å²) in [5, 5.41) is 12.6. The highest BCUT2D eigenvalue weighted by Crippen LogP contribution is 2.31. The molecule has 1 unspecified atom stereocenters. The van der Waals surface area contributed by atoms with E-state index in [1.807, 2.05) is 31.6 Å². The van der Waals surface area contributed by atoms with Crippen LogP contribution in [-0.2, 0) is 7.05 Å². The van der Waals surface area contributed by atoms with E-state index in [2.05, 4.69) is 20.6 Å². The van der Waals surface area contributed by atoms with Gasteiger partial charge in [-0.15, -0.1) is 11.3 Å². The highest BCUT2D eigenvalue weighted by molar-refractivity contribution is 7.20. The summed E-state index contributed by atoms with van der Waals surface area (Å²) in [5.41, 5.74) is 0.931. The molecule has 3 aromatic heterocycles. The molecule has 0 radical (unpaired) electrons. The van der Waals surface area contributed by atoms with E-state index in [4.69, 9.17) is 4.52 Å². The van der Waals surface area contributed by atoms with Crippen molar-refractivity contribution in [1.29, 1.82) is 0 Å². The summed E-state index contributed by atoms with van der Waals surface area (Å²) in [6.07, 6.45) is 7.27. The lowest BCUT2D eigenvalue weighted by atomic mass is 10.00. The fourth-order valence-corrected chi connectivity index (χ4v) is 4.80. The van der Waals surface area contributed by atoms with Crippen molar-refractivity contribution < 1.29 is 9.32 Å². The zero-order valence-electron chi connectivity index (χ0n) is 16.0. The van der Waals surface area contributed by atoms with Gasteiger partial charge < -0.3 is 9.84 Å². The average molecular weight is 388 g/mol. The number of amides is 1. The van der Waals surface area contributed by atoms with Crippen molar-refractivity contribution in [2.75, 3.05) is 0 Å². The summed E-state index contributed by atoms with van der Waals surface area (Å²) in [4.78, 5) is 18.9. The Labute approximate surface area is 162 Å². The van der Waals surface area contributed by atoms with E-state index in [0.717, 1.165) is 34.6 Å². The van der Waals surface area contributed by atoms with Gasteiger partial charge in [-0.3, -0.25) is 9.48 Å². The summed E-state index contributed by atoms with van der Waals surface area (Å²) < 4.78 is 7.26. The number of hydrogen-bond acceptors (Lipinski definition) is 6. The molecule has 1 fully saturated rings. The molecule has 1 aliphatic rings. The standard InChI is InChI=1S/C19H25N5O2S/c1-11-14-10-15(27-19(14)24(3)22-11)17(25)20-12(2)18-21-16(23-26-18)13-8-6-4-5-7-9-13/h10,12-13H,4-9H2,1-3H3,(H,20,25). The number of carbonyl (C=O) groups excluding carboxylic acids is 1. The predicted octanol–water partition coefficient (Wildman–Crippen LogP) is 4.26. The van der Waals surface area contributed by atoms with Gasteiger partial charge in [0.1, 0.15) is 10.9 Å². The molecule has 0 bridgehead atoms. The van der Waals surface area contributed by atoms with E-state index >= 15 is 0 Å². The van der Waals surface area contributed by atoms with Gasteiger partial charge in [0.05, 0.1) is 10.6 Å². The number of nitrogens with one attached hydrogen (secondary N) is 1. The van der Waals surface area contributed by atoms with Crippen molar-refractivity contribution in [3.63, 3.8) is 0 Å². The highest BCUT2D eigenvalue weighted by atomic mass is 32.1. The van der Waals surface area contributed by atoms with E-state index in [1.54, 1.807) is 0 Å². The second-order valence-corrected chi connectivity index (χ2v) is 8.44. The third kappa shape index (κ3) is 3.63. The van der Waals surface area contributed by atoms with Crippen LogP contribution >= 0.6 is 11.3 Å². The molecule has 8 heteroatoms. The molecule has 1 aliphatic carbocycles. The average Bonchev–Trinajstić information content (AvgIpc) is 3.29. The Morgan fingerprint density at radius 1 is 1.33 bits per heavy atom. The van der Waals surface area contributed by atoms with Crippen molar-refractivity contribution in [1.82, 2.24) is 25.2 Å². The second kappa shape index (κ2) is 7.42. The van der Waals surface area contributed by atoms with E-state index in [-0.39, 0.29) is 11.9 Å². The van der Waals surface area contributed by atoms with Crippen LogP contribution in [0.25, 0.3) is 10.2 Å². The van der Waals surface area contributed by atoms with Crippen LogP contribution in [0.2, 0.25) is 0 Å². The van der Waals surface area contributed by atoms with E-state index in [9.17, 15) is 4.79 Å². The minimum atomic E-state index is -0.325. The molecule has 1 N–H and O–H groups in total. The first-order valence-electron chi connectivity index (χ1n) is 9.60. The molecule has 27 heavy (non-hydrogen) atoms. The monoisotopic (exact) mass is 387 g/mol. The van der Waals surface area contributed by atoms with Crippen LogP contribution in [-0.4, -0.2) is 25.8 Å². The summed E-state index contributed by atoms with van der Waals surface area (Å²) >= 11 is 1.44. The minimum absolute atomic E-state index is 0.127. The molecular weight excluding hydrogens is 362 g/mol. The predicted molar refractivity (Wildman–Crippen MR) is 104 cm³/mol. The number of nitrogens with zero attached hydrogens (tertiary/aromatic N) is 4. The Bertz CT molecular complexity index is 914. The normalized spacial score (nSPS) is 17.1. The van der Waals surface area contributed by atoms with Gasteiger partial charge in [-0.1, -0.05) is 30.8 Å². The Morgan fingerprint density at radius 2 is 2.07 bits per heavy atom. The highest BCUT2D eigenvalue weighted by Gasteiger charge is 2.24. The molecular formula is C19H25N5O2S. The van der Waals surface area contributed by atoms with Crippen molar-refractivity contribution in [2.45, 2.75) is 64.3 Å². The molecule has 1 amide bonds. The maximum atomic E-state index is 12.7. The molecule has 0 aromatic carbocycles. The number of fused-ring (bicyclic) bond motifs is 1. The SMILES string of the molecule is Cc1nn(C)c2sc(C(=O)NC(C)c3nc(C4CCCCCC4)no3)cc12. The van der Waals surface area contributed by atoms with Crippen molar-refractivity contribution >= 4 is 27.5 Å². The maximum absolute atomic E-state index is 12.7. The third-order valence-corrected chi connectivity index (χ3v) is 6.52. The molecule has 0 aliphatic heterocycles. The smallest absolute Gasteiger partial charge is 0.262 e. The van der Waals surface area contributed by atoms with Gasteiger partial charge in [0, 0.05) is 18.4 Å². The lowest BCUT2D eigenvalue weighted by Gasteiger charge is -2.09. The van der Waals surface area contributed by atoms with E-state index in [0.29, 0.717) is 16.7 Å². The molecule has 1 saturated carbocycles. The minimum Gasteiger partial charge on any atom is -0.340 e. The van der Waals surface area contributed by atoms with Gasteiger partial charge in [-0.25, -0.2) is 0 Å². The molecule has 3 heterocycles. The van der Waals surface area contributed by atoms with Crippen LogP contribution in [0.3, 0.4) is 0 Å². The lowest BCUT2D eigenvalue weighted by molar-refractivity contribution is 0.0936. The first-order valence-corrected chi connectivity index (χ1v) is 10.4. The Kier molecular flexibility index (Phi) is 4.99. The second-order valence-electron chi connectivity index (χ2n) is 7.41. The molecule has 1 atom stereocenters. The van der Waals surface area contributed by atoms with Crippen molar-refractivity contribution in [3.8, 4) is 0 Å². The Hall–Kier alpha value is -2.22. The van der Waals surface area contributed by atoms with Gasteiger partial charge >= 0.3 is 0 Å². The maximum Gasteiger partial charge on any atom is 0.262 e. The van der Waals surface area contributed by atoms with Gasteiger partial charge in [0.25, 0.3) is 5.91 Å². The quantitative estimate of drug-likeness (QED) is 0.676. The summed E-state index contributed by atoms with van der Waals surface area (Å²) in [5.74, 6) is 1.52. The Balaban J connectivity index is 1.45. The zero-order valence-corrected chi connectivity index (χ0v) is 16.8. The lowest BCUT2D eigenvalue weighted by Crippen LogP contribution is -2.26. The van der Waals surface area contributed by atoms with Crippen LogP contribution in [0.4, 0.5) is 0 Å². The van der Waals surface area contributed by atoms with Gasteiger partial charge in [0.15, 0.2) is 5.82 Å². The first kappa shape index (κ1) is 18.2. The number of aryl methyl sites for hydroxylation is 2. The summed E-state index contributed by atoms with van der Waals surface area (Å²) in [7, 11) is 1.89. The third-order valence-electron chi connectivity index (χ3n) is 5.32. The van der Waals surface area contributed by atoms with Crippen molar-refractivity contribution in [2.24, 2.45) is 7.05 Å². The number of hydrogen-bond donors (Lipinski definition) is 1. The number of thiophene rings is 1. The molecule has 7 nitrogen and oxygen atoms in total. The van der Waals surface area contributed by atoms with Gasteiger partial charge in [0.2, 0.25) is 5.89 Å². The van der Waals surface area contributed by atoms with Crippen molar-refractivity contribution in [3.05, 3.63) is 28.4 Å². The van der Waals surface area contributed by atoms with Crippen LogP contribution in [0.5, 0.6) is 0 Å². The van der Waals surface area contributed by atoms with Gasteiger partial charge in [-0.2, -0.15) is 10.1 Å². The van der Waals surface area contributed by atoms with Crippen LogP contribution in [0.15, 0.2) is 10.6 Å². The fraction of sp³-hybridized carbons (Fsp3) is 0.579. The summed E-state index contributed by atoms with van der Waals surface area (Å²) in [6.45, 7) is 3.83. The Morgan fingerprint density at radius 3 is 2.78 bits per heavy atom. The number of carbonyl (C=O) groups is 1. The number of aromatic nitrogens is 4. The zero-order chi connectivity index (χ0) is 19.0. The molecule has 3 aromatic rings. The van der Waals surface area contributed by atoms with Crippen LogP contribution in [0.1, 0.15) is 84.5 Å². The number of rotatable bonds is 4. The fourth-order valence-electron chi connectivity index (χ4n) is 3.77. The first-order chi connectivity index (χ1) is 13.0. The molecule has 0 saturated heterocycles. The van der Waals surface area contributed by atoms with E-state index < -0.39 is 0 Å².